The van der Waals surface area contributed by atoms with E-state index in [0.717, 1.165) is 49.7 Å². The molecule has 3 aromatic carbocycles. The van der Waals surface area contributed by atoms with Gasteiger partial charge < -0.3 is 42.8 Å². The van der Waals surface area contributed by atoms with Crippen LogP contribution < -0.4 is 18.9 Å². The highest BCUT2D eigenvalue weighted by Gasteiger charge is 2.57. The maximum Gasteiger partial charge on any atom is 0.315 e. The van der Waals surface area contributed by atoms with Crippen molar-refractivity contribution in [3.05, 3.63) is 83.4 Å². The standard InChI is InChI=1S/C52H68N2O10/c1-10-58-50(55)47-46(52(62-42-26-32(7)12-23-39(42)30(4)5)64-54-49(47)34-15-20-37(57-9)21-16-34)45-44(35-17-24-40-43(27-35)60-28-59-40)51(61-41-25-31(6)11-22-38(41)29(2)3)63-53-48(45)33-13-18-36(56-8)19-14-33/h13-21,24,27,29-32,38-39,41-42,44-47,51-52H,10-12,22-23,25-26,28H2,1-9H3/t31-,32-,38+,39+,41-,42-,44-,45+,46?,47-,51+,52+/m1/s1. The van der Waals surface area contributed by atoms with Crippen molar-refractivity contribution < 1.29 is 47.6 Å². The van der Waals surface area contributed by atoms with Crippen LogP contribution in [0.3, 0.4) is 0 Å². The van der Waals surface area contributed by atoms with Crippen molar-refractivity contribution in [1.29, 1.82) is 0 Å². The molecule has 0 radical (unpaired) electrons. The van der Waals surface area contributed by atoms with Crippen LogP contribution in [0.4, 0.5) is 0 Å². The highest BCUT2D eigenvalue weighted by Crippen LogP contribution is 2.51. The lowest BCUT2D eigenvalue weighted by Crippen LogP contribution is -2.55. The number of rotatable bonds is 14. The average Bonchev–Trinajstić information content (AvgIpc) is 3.77. The molecule has 12 nitrogen and oxygen atoms in total. The van der Waals surface area contributed by atoms with Gasteiger partial charge in [0.2, 0.25) is 19.4 Å². The summed E-state index contributed by atoms with van der Waals surface area (Å²) >= 11 is 0. The van der Waals surface area contributed by atoms with Gasteiger partial charge in [-0.1, -0.05) is 70.8 Å². The van der Waals surface area contributed by atoms with E-state index in [1.54, 1.807) is 14.2 Å². The summed E-state index contributed by atoms with van der Waals surface area (Å²) in [6.45, 7) is 15.8. The number of methoxy groups -OCH3 is 2. The second-order valence-electron chi connectivity index (χ2n) is 19.3. The molecular formula is C52H68N2O10. The number of carbonyl (C=O) groups excluding carboxylic acids is 1. The molecule has 2 saturated carbocycles. The molecule has 2 aliphatic carbocycles. The minimum Gasteiger partial charge on any atom is -0.497 e. The Hall–Kier alpha value is -4.81. The Bertz CT molecular complexity index is 2100. The smallest absolute Gasteiger partial charge is 0.315 e. The molecule has 12 heteroatoms. The lowest BCUT2D eigenvalue weighted by molar-refractivity contribution is -0.252. The Morgan fingerprint density at radius 2 is 1.20 bits per heavy atom. The van der Waals surface area contributed by atoms with E-state index in [4.69, 9.17) is 53.1 Å². The molecule has 12 atom stereocenters. The number of oxime groups is 2. The van der Waals surface area contributed by atoms with Crippen molar-refractivity contribution in [3.8, 4) is 23.0 Å². The van der Waals surface area contributed by atoms with Crippen molar-refractivity contribution in [2.24, 2.45) is 63.6 Å². The molecule has 0 aromatic heterocycles. The fraction of sp³-hybridized carbons (Fsp3) is 0.596. The van der Waals surface area contributed by atoms with Crippen molar-refractivity contribution in [1.82, 2.24) is 0 Å². The third kappa shape index (κ3) is 9.59. The summed E-state index contributed by atoms with van der Waals surface area (Å²) in [5.74, 6) is 1.60. The number of ether oxygens (including phenoxy) is 7. The molecule has 3 aromatic rings. The quantitative estimate of drug-likeness (QED) is 0.145. The molecule has 1 unspecified atom stereocenters. The highest BCUT2D eigenvalue weighted by atomic mass is 16.8. The summed E-state index contributed by atoms with van der Waals surface area (Å²) in [7, 11) is 3.28. The molecule has 2 fully saturated rings. The number of esters is 1. The number of carbonyl (C=O) groups is 1. The molecule has 5 aliphatic rings. The summed E-state index contributed by atoms with van der Waals surface area (Å²) in [5.41, 5.74) is 3.43. The Balaban J connectivity index is 1.36. The van der Waals surface area contributed by atoms with Crippen molar-refractivity contribution in [2.45, 2.75) is 118 Å². The Labute approximate surface area is 379 Å². The molecule has 3 heterocycles. The third-order valence-corrected chi connectivity index (χ3v) is 14.5. The Morgan fingerprint density at radius 1 is 0.672 bits per heavy atom. The summed E-state index contributed by atoms with van der Waals surface area (Å²) in [6.07, 6.45) is 4.01. The Morgan fingerprint density at radius 3 is 1.77 bits per heavy atom. The topological polar surface area (TPSA) is 125 Å². The molecule has 64 heavy (non-hydrogen) atoms. The number of nitrogens with zero attached hydrogens (tertiary/aromatic N) is 2. The van der Waals surface area contributed by atoms with E-state index in [9.17, 15) is 0 Å². The molecule has 346 valence electrons. The van der Waals surface area contributed by atoms with E-state index < -0.39 is 42.2 Å². The van der Waals surface area contributed by atoms with E-state index in [1.165, 1.54) is 0 Å². The molecule has 0 spiro atoms. The summed E-state index contributed by atoms with van der Waals surface area (Å²) < 4.78 is 43.9. The number of benzene rings is 3. The summed E-state index contributed by atoms with van der Waals surface area (Å²) in [5, 5.41) is 9.90. The van der Waals surface area contributed by atoms with E-state index in [1.807, 2.05) is 67.6 Å². The van der Waals surface area contributed by atoms with Crippen LogP contribution in [0.1, 0.15) is 110 Å². The second-order valence-corrected chi connectivity index (χ2v) is 19.3. The molecule has 0 saturated heterocycles. The highest BCUT2D eigenvalue weighted by molar-refractivity contribution is 6.13. The lowest BCUT2D eigenvalue weighted by Gasteiger charge is -2.48. The zero-order chi connectivity index (χ0) is 45.1. The molecule has 0 amide bonds. The zero-order valence-corrected chi connectivity index (χ0v) is 39.1. The normalized spacial score (nSPS) is 31.4. The van der Waals surface area contributed by atoms with Crippen LogP contribution in [-0.4, -0.2) is 69.8 Å². The molecule has 0 N–H and O–H groups in total. The molecule has 8 rings (SSSR count). The minimum atomic E-state index is -0.991. The molecule has 3 aliphatic heterocycles. The predicted octanol–water partition coefficient (Wildman–Crippen LogP) is 10.4. The largest absolute Gasteiger partial charge is 0.497 e. The minimum absolute atomic E-state index is 0.0916. The average molecular weight is 881 g/mol. The van der Waals surface area contributed by atoms with Gasteiger partial charge in [0.1, 0.15) is 23.1 Å². The first-order valence-electron chi connectivity index (χ1n) is 23.6. The van der Waals surface area contributed by atoms with Gasteiger partial charge in [0.05, 0.1) is 50.6 Å². The van der Waals surface area contributed by atoms with Gasteiger partial charge in [-0.25, -0.2) is 0 Å². The van der Waals surface area contributed by atoms with E-state index >= 15 is 4.79 Å². The van der Waals surface area contributed by atoms with E-state index in [0.29, 0.717) is 69.6 Å². The van der Waals surface area contributed by atoms with Crippen LogP contribution in [0.25, 0.3) is 0 Å². The first-order valence-corrected chi connectivity index (χ1v) is 23.6. The second kappa shape index (κ2) is 20.1. The van der Waals surface area contributed by atoms with E-state index in [-0.39, 0.29) is 31.5 Å². The van der Waals surface area contributed by atoms with Gasteiger partial charge in [-0.2, -0.15) is 0 Å². The van der Waals surface area contributed by atoms with Crippen molar-refractivity contribution in [2.75, 3.05) is 27.6 Å². The van der Waals surface area contributed by atoms with Crippen LogP contribution in [-0.2, 0) is 28.7 Å². The maximum atomic E-state index is 15.1. The van der Waals surface area contributed by atoms with Gasteiger partial charge in [-0.3, -0.25) is 4.79 Å². The SMILES string of the molecule is CCOC(=O)[C@H]1C(c2ccc(OC)cc2)=NO[C@H](O[C@@H]2C[C@H](C)CC[C@H]2C(C)C)C1[C@H]1C(c2ccc(OC)cc2)=NO[C@H](O[C@@H]2C[C@H](C)CC[C@H]2C(C)C)[C@@H]1c1ccc2c(c1)OCO2. The van der Waals surface area contributed by atoms with Gasteiger partial charge in [-0.15, -0.1) is 0 Å². The van der Waals surface area contributed by atoms with Gasteiger partial charge in [0, 0.05) is 11.5 Å². The first kappa shape index (κ1) is 45.7. The zero-order valence-electron chi connectivity index (χ0n) is 39.1. The van der Waals surface area contributed by atoms with Gasteiger partial charge in [0.15, 0.2) is 11.5 Å². The van der Waals surface area contributed by atoms with Crippen LogP contribution in [0.5, 0.6) is 23.0 Å². The molecular weight excluding hydrogens is 813 g/mol. The van der Waals surface area contributed by atoms with Crippen molar-refractivity contribution in [3.63, 3.8) is 0 Å². The van der Waals surface area contributed by atoms with Crippen LogP contribution in [0.2, 0.25) is 0 Å². The maximum absolute atomic E-state index is 15.1. The van der Waals surface area contributed by atoms with Gasteiger partial charge >= 0.3 is 5.97 Å². The number of hydrogen-bond acceptors (Lipinski definition) is 12. The summed E-state index contributed by atoms with van der Waals surface area (Å²) in [4.78, 5) is 28.6. The van der Waals surface area contributed by atoms with Crippen LogP contribution in [0.15, 0.2) is 77.0 Å². The van der Waals surface area contributed by atoms with Crippen LogP contribution in [0, 0.1) is 53.3 Å². The monoisotopic (exact) mass is 880 g/mol. The van der Waals surface area contributed by atoms with Gasteiger partial charge in [0.25, 0.3) is 0 Å². The third-order valence-electron chi connectivity index (χ3n) is 14.5. The lowest BCUT2D eigenvalue weighted by atomic mass is 9.65. The van der Waals surface area contributed by atoms with Crippen molar-refractivity contribution >= 4 is 17.4 Å². The predicted molar refractivity (Wildman–Crippen MR) is 244 cm³/mol. The van der Waals surface area contributed by atoms with Gasteiger partial charge in [-0.05, 0) is 140 Å². The number of fused-ring (bicyclic) bond motifs is 1. The van der Waals surface area contributed by atoms with Crippen LogP contribution >= 0.6 is 0 Å². The Kier molecular flexibility index (Phi) is 14.4. The summed E-state index contributed by atoms with van der Waals surface area (Å²) in [6, 6.07) is 21.4. The molecule has 0 bridgehead atoms. The number of hydrogen-bond donors (Lipinski definition) is 0. The van der Waals surface area contributed by atoms with E-state index in [2.05, 4.69) is 47.6 Å². The fourth-order valence-electron chi connectivity index (χ4n) is 11.0. The first-order chi connectivity index (χ1) is 31.0. The fourth-order valence-corrected chi connectivity index (χ4v) is 11.0.